The van der Waals surface area contributed by atoms with E-state index in [1.165, 1.54) is 0 Å². The second-order valence-corrected chi connectivity index (χ2v) is 5.06. The van der Waals surface area contributed by atoms with E-state index in [1.807, 2.05) is 29.2 Å². The van der Waals surface area contributed by atoms with Gasteiger partial charge in [-0.1, -0.05) is 22.9 Å². The van der Waals surface area contributed by atoms with E-state index >= 15 is 0 Å². The van der Waals surface area contributed by atoms with Crippen molar-refractivity contribution in [3.05, 3.63) is 34.3 Å². The molecule has 0 N–H and O–H groups in total. The maximum absolute atomic E-state index is 12.3. The van der Waals surface area contributed by atoms with Crippen molar-refractivity contribution in [3.8, 4) is 0 Å². The van der Waals surface area contributed by atoms with Gasteiger partial charge in [0.25, 0.3) is 5.91 Å². The number of morpholine rings is 1. The van der Waals surface area contributed by atoms with Crippen LogP contribution in [0.5, 0.6) is 0 Å². The van der Waals surface area contributed by atoms with Crippen LogP contribution in [0.2, 0.25) is 0 Å². The summed E-state index contributed by atoms with van der Waals surface area (Å²) in [6.07, 6.45) is 0.933. The molecule has 0 aliphatic carbocycles. The van der Waals surface area contributed by atoms with Crippen molar-refractivity contribution in [1.29, 1.82) is 0 Å². The van der Waals surface area contributed by atoms with Gasteiger partial charge in [-0.25, -0.2) is 0 Å². The SMILES string of the molecule is CC[C@H]1COCCN1C(=O)c1ccc(Br)cc1. The Labute approximate surface area is 110 Å². The molecule has 1 saturated heterocycles. The summed E-state index contributed by atoms with van der Waals surface area (Å²) >= 11 is 3.37. The quantitative estimate of drug-likeness (QED) is 0.840. The Morgan fingerprint density at radius 2 is 2.18 bits per heavy atom. The lowest BCUT2D eigenvalue weighted by atomic mass is 10.1. The third-order valence-electron chi connectivity index (χ3n) is 3.05. The fourth-order valence-corrected chi connectivity index (χ4v) is 2.28. The van der Waals surface area contributed by atoms with E-state index in [2.05, 4.69) is 22.9 Å². The zero-order valence-corrected chi connectivity index (χ0v) is 11.4. The van der Waals surface area contributed by atoms with Crippen molar-refractivity contribution in [2.75, 3.05) is 19.8 Å². The molecular formula is C13H16BrNO2. The Morgan fingerprint density at radius 3 is 2.82 bits per heavy atom. The summed E-state index contributed by atoms with van der Waals surface area (Å²) in [5.41, 5.74) is 0.744. The standard InChI is InChI=1S/C13H16BrNO2/c1-2-12-9-17-8-7-15(12)13(16)10-3-5-11(14)6-4-10/h3-6,12H,2,7-9H2,1H3/t12-/m0/s1. The summed E-state index contributed by atoms with van der Waals surface area (Å²) in [6, 6.07) is 7.71. The lowest BCUT2D eigenvalue weighted by molar-refractivity contribution is -0.00279. The maximum Gasteiger partial charge on any atom is 0.254 e. The molecule has 2 rings (SSSR count). The third kappa shape index (κ3) is 2.87. The largest absolute Gasteiger partial charge is 0.377 e. The van der Waals surface area contributed by atoms with Gasteiger partial charge in [-0.05, 0) is 30.7 Å². The number of halogens is 1. The number of amides is 1. The smallest absolute Gasteiger partial charge is 0.254 e. The second kappa shape index (κ2) is 5.65. The van der Waals surface area contributed by atoms with Crippen molar-refractivity contribution < 1.29 is 9.53 Å². The first-order valence-electron chi connectivity index (χ1n) is 5.86. The van der Waals surface area contributed by atoms with Crippen LogP contribution >= 0.6 is 15.9 Å². The number of carbonyl (C=O) groups is 1. The zero-order chi connectivity index (χ0) is 12.3. The number of hydrogen-bond acceptors (Lipinski definition) is 2. The fourth-order valence-electron chi connectivity index (χ4n) is 2.02. The van der Waals surface area contributed by atoms with Gasteiger partial charge in [-0.15, -0.1) is 0 Å². The molecule has 1 aliphatic rings. The van der Waals surface area contributed by atoms with E-state index < -0.39 is 0 Å². The molecule has 0 saturated carbocycles. The van der Waals surface area contributed by atoms with E-state index in [1.54, 1.807) is 0 Å². The van der Waals surface area contributed by atoms with E-state index in [0.717, 1.165) is 16.5 Å². The van der Waals surface area contributed by atoms with Crippen LogP contribution in [0.25, 0.3) is 0 Å². The molecular weight excluding hydrogens is 282 g/mol. The summed E-state index contributed by atoms with van der Waals surface area (Å²) in [7, 11) is 0. The van der Waals surface area contributed by atoms with Gasteiger partial charge in [0.15, 0.2) is 0 Å². The highest BCUT2D eigenvalue weighted by molar-refractivity contribution is 9.10. The van der Waals surface area contributed by atoms with E-state index in [9.17, 15) is 4.79 Å². The van der Waals surface area contributed by atoms with Crippen molar-refractivity contribution in [3.63, 3.8) is 0 Å². The molecule has 92 valence electrons. The van der Waals surface area contributed by atoms with Crippen LogP contribution in [-0.4, -0.2) is 36.6 Å². The lowest BCUT2D eigenvalue weighted by Gasteiger charge is -2.35. The molecule has 1 aromatic carbocycles. The topological polar surface area (TPSA) is 29.5 Å². The molecule has 0 unspecified atom stereocenters. The predicted octanol–water partition coefficient (Wildman–Crippen LogP) is 2.70. The van der Waals surface area contributed by atoms with Crippen molar-refractivity contribution >= 4 is 21.8 Å². The first-order valence-corrected chi connectivity index (χ1v) is 6.66. The summed E-state index contributed by atoms with van der Waals surface area (Å²) in [5, 5.41) is 0. The first kappa shape index (κ1) is 12.6. The molecule has 1 amide bonds. The minimum absolute atomic E-state index is 0.104. The number of benzene rings is 1. The molecule has 1 fully saturated rings. The van der Waals surface area contributed by atoms with Crippen LogP contribution in [0.3, 0.4) is 0 Å². The van der Waals surface area contributed by atoms with Gasteiger partial charge in [0.2, 0.25) is 0 Å². The Morgan fingerprint density at radius 1 is 1.47 bits per heavy atom. The summed E-state index contributed by atoms with van der Waals surface area (Å²) in [4.78, 5) is 14.3. The molecule has 1 aromatic rings. The van der Waals surface area contributed by atoms with Gasteiger partial charge >= 0.3 is 0 Å². The summed E-state index contributed by atoms with van der Waals surface area (Å²) in [5.74, 6) is 0.104. The molecule has 0 aromatic heterocycles. The minimum Gasteiger partial charge on any atom is -0.377 e. The monoisotopic (exact) mass is 297 g/mol. The fraction of sp³-hybridized carbons (Fsp3) is 0.462. The van der Waals surface area contributed by atoms with E-state index in [-0.39, 0.29) is 11.9 Å². The highest BCUT2D eigenvalue weighted by atomic mass is 79.9. The van der Waals surface area contributed by atoms with Crippen molar-refractivity contribution in [2.45, 2.75) is 19.4 Å². The zero-order valence-electron chi connectivity index (χ0n) is 9.86. The lowest BCUT2D eigenvalue weighted by Crippen LogP contribution is -2.48. The van der Waals surface area contributed by atoms with Gasteiger partial charge in [0, 0.05) is 16.6 Å². The maximum atomic E-state index is 12.3. The Hall–Kier alpha value is -0.870. The second-order valence-electron chi connectivity index (χ2n) is 4.14. The molecule has 1 aliphatic heterocycles. The Kier molecular flexibility index (Phi) is 4.18. The van der Waals surface area contributed by atoms with Crippen molar-refractivity contribution in [1.82, 2.24) is 4.90 Å². The molecule has 17 heavy (non-hydrogen) atoms. The average Bonchev–Trinajstić information content (AvgIpc) is 2.39. The van der Waals surface area contributed by atoms with Crippen LogP contribution in [0.4, 0.5) is 0 Å². The number of rotatable bonds is 2. The average molecular weight is 298 g/mol. The first-order chi connectivity index (χ1) is 8.22. The van der Waals surface area contributed by atoms with Gasteiger partial charge < -0.3 is 9.64 Å². The normalized spacial score (nSPS) is 20.4. The van der Waals surface area contributed by atoms with Crippen LogP contribution in [-0.2, 0) is 4.74 Å². The van der Waals surface area contributed by atoms with Crippen LogP contribution < -0.4 is 0 Å². The highest BCUT2D eigenvalue weighted by Gasteiger charge is 2.26. The molecule has 0 radical (unpaired) electrons. The molecule has 0 spiro atoms. The van der Waals surface area contributed by atoms with Crippen LogP contribution in [0, 0.1) is 0 Å². The van der Waals surface area contributed by atoms with Crippen molar-refractivity contribution in [2.24, 2.45) is 0 Å². The molecule has 4 heteroatoms. The van der Waals surface area contributed by atoms with Gasteiger partial charge in [-0.2, -0.15) is 0 Å². The molecule has 1 heterocycles. The van der Waals surface area contributed by atoms with Crippen LogP contribution in [0.1, 0.15) is 23.7 Å². The molecule has 0 bridgehead atoms. The van der Waals surface area contributed by atoms with E-state index in [0.29, 0.717) is 19.8 Å². The van der Waals surface area contributed by atoms with Gasteiger partial charge in [-0.3, -0.25) is 4.79 Å². The predicted molar refractivity (Wildman–Crippen MR) is 70.1 cm³/mol. The minimum atomic E-state index is 0.104. The number of hydrogen-bond donors (Lipinski definition) is 0. The van der Waals surface area contributed by atoms with Gasteiger partial charge in [0.05, 0.1) is 19.3 Å². The summed E-state index contributed by atoms with van der Waals surface area (Å²) in [6.45, 7) is 4.06. The third-order valence-corrected chi connectivity index (χ3v) is 3.58. The van der Waals surface area contributed by atoms with Gasteiger partial charge in [0.1, 0.15) is 0 Å². The van der Waals surface area contributed by atoms with E-state index in [4.69, 9.17) is 4.74 Å². The molecule has 1 atom stereocenters. The highest BCUT2D eigenvalue weighted by Crippen LogP contribution is 2.16. The number of carbonyl (C=O) groups excluding carboxylic acids is 1. The molecule has 3 nitrogen and oxygen atoms in total. The summed E-state index contributed by atoms with van der Waals surface area (Å²) < 4.78 is 6.40. The van der Waals surface area contributed by atoms with Crippen LogP contribution in [0.15, 0.2) is 28.7 Å². The number of nitrogens with zero attached hydrogens (tertiary/aromatic N) is 1. The Bertz CT molecular complexity index is 391. The number of ether oxygens (including phenoxy) is 1. The Balaban J connectivity index is 2.15.